The maximum atomic E-state index is 11.7. The molecule has 2 heteroatoms. The van der Waals surface area contributed by atoms with Crippen LogP contribution in [0, 0.1) is 23.7 Å². The molecule has 0 aromatic rings. The van der Waals surface area contributed by atoms with Crippen molar-refractivity contribution in [1.29, 1.82) is 0 Å². The molecule has 2 nitrogen and oxygen atoms in total. The molecule has 0 bridgehead atoms. The highest BCUT2D eigenvalue weighted by Gasteiger charge is 2.51. The van der Waals surface area contributed by atoms with Crippen molar-refractivity contribution in [2.45, 2.75) is 0 Å². The topological polar surface area (TPSA) is 37.3 Å². The maximum absolute atomic E-state index is 11.7. The lowest BCUT2D eigenvalue weighted by Gasteiger charge is -2.12. The van der Waals surface area contributed by atoms with Crippen LogP contribution in [0.5, 0.6) is 0 Å². The minimum Gasteiger partial charge on any atom is -0.515 e. The van der Waals surface area contributed by atoms with Gasteiger partial charge in [0.1, 0.15) is 0 Å². The molecule has 3 aliphatic rings. The second-order valence-electron chi connectivity index (χ2n) is 3.92. The third-order valence-corrected chi connectivity index (χ3v) is 3.44. The fraction of sp³-hybridized carbons (Fsp3) is 0.364. The van der Waals surface area contributed by atoms with Gasteiger partial charge < -0.3 is 5.11 Å². The molecule has 0 aromatic carbocycles. The number of carbonyl (C=O) groups is 1. The summed E-state index contributed by atoms with van der Waals surface area (Å²) in [5, 5.41) is 8.97. The summed E-state index contributed by atoms with van der Waals surface area (Å²) in [5.74, 6) is 1.12. The minimum absolute atomic E-state index is 0.0309. The summed E-state index contributed by atoms with van der Waals surface area (Å²) in [6, 6.07) is 0. The summed E-state index contributed by atoms with van der Waals surface area (Å²) >= 11 is 0. The predicted molar refractivity (Wildman–Crippen MR) is 48.0 cm³/mol. The first kappa shape index (κ1) is 7.13. The Morgan fingerprint density at radius 1 is 1.15 bits per heavy atom. The summed E-state index contributed by atoms with van der Waals surface area (Å²) in [4.78, 5) is 11.7. The molecule has 3 aliphatic carbocycles. The molecular weight excluding hydrogens is 164 g/mol. The van der Waals surface area contributed by atoms with Gasteiger partial charge in [-0.15, -0.1) is 0 Å². The largest absolute Gasteiger partial charge is 0.515 e. The quantitative estimate of drug-likeness (QED) is 0.344. The van der Waals surface area contributed by atoms with Crippen LogP contribution < -0.4 is 0 Å². The number of rotatable bonds is 0. The van der Waals surface area contributed by atoms with E-state index in [2.05, 4.69) is 18.2 Å². The monoisotopic (exact) mass is 174 g/mol. The van der Waals surface area contributed by atoms with Crippen LogP contribution in [0.2, 0.25) is 0 Å². The lowest BCUT2D eigenvalue weighted by Crippen LogP contribution is -2.12. The standard InChI is InChI=1S/C11H10O2/c12-5-9-7-3-1-6-2-4-8(10(6)7)11(9)13/h1-8,10,12H/b9-5-/t6-,7+,8-,10-/m0/s1. The molecule has 13 heavy (non-hydrogen) atoms. The van der Waals surface area contributed by atoms with E-state index in [0.29, 0.717) is 17.4 Å². The van der Waals surface area contributed by atoms with Crippen molar-refractivity contribution in [2.24, 2.45) is 23.7 Å². The number of allylic oxidation sites excluding steroid dienone is 5. The van der Waals surface area contributed by atoms with E-state index < -0.39 is 0 Å². The van der Waals surface area contributed by atoms with Crippen LogP contribution in [-0.4, -0.2) is 10.9 Å². The Kier molecular flexibility index (Phi) is 1.17. The Labute approximate surface area is 76.3 Å². The van der Waals surface area contributed by atoms with E-state index >= 15 is 0 Å². The first-order valence-corrected chi connectivity index (χ1v) is 4.58. The Bertz CT molecular complexity index is 362. The smallest absolute Gasteiger partial charge is 0.169 e. The van der Waals surface area contributed by atoms with Gasteiger partial charge >= 0.3 is 0 Å². The molecule has 0 radical (unpaired) electrons. The predicted octanol–water partition coefficient (Wildman–Crippen LogP) is 1.62. The lowest BCUT2D eigenvalue weighted by molar-refractivity contribution is -0.117. The summed E-state index contributed by atoms with van der Waals surface area (Å²) < 4.78 is 0. The Morgan fingerprint density at radius 3 is 2.54 bits per heavy atom. The highest BCUT2D eigenvalue weighted by molar-refractivity contribution is 6.02. The zero-order valence-corrected chi connectivity index (χ0v) is 7.05. The van der Waals surface area contributed by atoms with Crippen LogP contribution in [0.15, 0.2) is 36.1 Å². The van der Waals surface area contributed by atoms with Crippen molar-refractivity contribution in [2.75, 3.05) is 0 Å². The van der Waals surface area contributed by atoms with Crippen LogP contribution in [0.3, 0.4) is 0 Å². The van der Waals surface area contributed by atoms with Gasteiger partial charge in [-0.3, -0.25) is 4.79 Å². The van der Waals surface area contributed by atoms with Gasteiger partial charge in [0.05, 0.1) is 6.26 Å². The molecule has 0 unspecified atom stereocenters. The average Bonchev–Trinajstić information content (AvgIpc) is 2.71. The van der Waals surface area contributed by atoms with Gasteiger partial charge in [0.2, 0.25) is 0 Å². The summed E-state index contributed by atoms with van der Waals surface area (Å²) in [6.07, 6.45) is 9.29. The van der Waals surface area contributed by atoms with Crippen molar-refractivity contribution in [3.8, 4) is 0 Å². The number of hydrogen-bond acceptors (Lipinski definition) is 2. The van der Waals surface area contributed by atoms with Crippen molar-refractivity contribution < 1.29 is 9.90 Å². The second-order valence-corrected chi connectivity index (χ2v) is 3.92. The molecule has 4 atom stereocenters. The molecule has 3 rings (SSSR count). The van der Waals surface area contributed by atoms with Crippen LogP contribution in [-0.2, 0) is 4.79 Å². The van der Waals surface area contributed by atoms with Gasteiger partial charge in [0.25, 0.3) is 0 Å². The molecular formula is C11H10O2. The molecule has 0 heterocycles. The van der Waals surface area contributed by atoms with Gasteiger partial charge in [-0.05, 0) is 11.8 Å². The maximum Gasteiger partial charge on any atom is 0.169 e. The minimum atomic E-state index is 0.0309. The van der Waals surface area contributed by atoms with Crippen LogP contribution in [0.25, 0.3) is 0 Å². The first-order chi connectivity index (χ1) is 6.33. The fourth-order valence-corrected chi connectivity index (χ4v) is 2.86. The Hall–Kier alpha value is -1.31. The van der Waals surface area contributed by atoms with E-state index in [9.17, 15) is 4.79 Å². The Morgan fingerprint density at radius 2 is 1.85 bits per heavy atom. The summed E-state index contributed by atoms with van der Waals surface area (Å²) in [7, 11) is 0. The zero-order chi connectivity index (χ0) is 9.00. The van der Waals surface area contributed by atoms with Gasteiger partial charge in [0.15, 0.2) is 5.78 Å². The second kappa shape index (κ2) is 2.13. The van der Waals surface area contributed by atoms with Crippen molar-refractivity contribution in [3.63, 3.8) is 0 Å². The third-order valence-electron chi connectivity index (χ3n) is 3.44. The Balaban J connectivity index is 2.14. The van der Waals surface area contributed by atoms with E-state index in [4.69, 9.17) is 5.11 Å². The number of ketones is 1. The normalized spacial score (nSPS) is 48.0. The molecule has 1 saturated carbocycles. The molecule has 0 aromatic heterocycles. The van der Waals surface area contributed by atoms with E-state index in [1.54, 1.807) is 0 Å². The lowest BCUT2D eigenvalue weighted by atomic mass is 9.89. The van der Waals surface area contributed by atoms with Crippen molar-refractivity contribution in [3.05, 3.63) is 36.1 Å². The molecule has 0 spiro atoms. The number of hydrogen-bond donors (Lipinski definition) is 1. The number of carbonyl (C=O) groups excluding carboxylic acids is 1. The van der Waals surface area contributed by atoms with E-state index in [0.717, 1.165) is 6.26 Å². The molecule has 0 aliphatic heterocycles. The van der Waals surface area contributed by atoms with E-state index in [-0.39, 0.29) is 17.6 Å². The van der Waals surface area contributed by atoms with Gasteiger partial charge in [0, 0.05) is 17.4 Å². The summed E-state index contributed by atoms with van der Waals surface area (Å²) in [5.41, 5.74) is 0.595. The van der Waals surface area contributed by atoms with Crippen molar-refractivity contribution in [1.82, 2.24) is 0 Å². The van der Waals surface area contributed by atoms with E-state index in [1.165, 1.54) is 0 Å². The van der Waals surface area contributed by atoms with Crippen LogP contribution in [0.4, 0.5) is 0 Å². The fourth-order valence-electron chi connectivity index (χ4n) is 2.86. The molecule has 66 valence electrons. The van der Waals surface area contributed by atoms with Crippen LogP contribution in [0.1, 0.15) is 0 Å². The average molecular weight is 174 g/mol. The highest BCUT2D eigenvalue weighted by Crippen LogP contribution is 2.52. The summed E-state index contributed by atoms with van der Waals surface area (Å²) in [6.45, 7) is 0. The zero-order valence-electron chi connectivity index (χ0n) is 7.05. The van der Waals surface area contributed by atoms with Crippen molar-refractivity contribution >= 4 is 5.78 Å². The molecule has 1 N–H and O–H groups in total. The third kappa shape index (κ3) is 0.671. The number of Topliss-reactive ketones (excluding diaryl/α,β-unsaturated/α-hetero) is 1. The van der Waals surface area contributed by atoms with Gasteiger partial charge in [-0.1, -0.05) is 24.3 Å². The van der Waals surface area contributed by atoms with Gasteiger partial charge in [-0.2, -0.15) is 0 Å². The van der Waals surface area contributed by atoms with E-state index in [1.807, 2.05) is 6.08 Å². The number of aliphatic hydroxyl groups is 1. The molecule has 0 amide bonds. The SMILES string of the molecule is O=C1/C(=C\O)[C@H]2C=C[C@H]3C=C[C@H]1[C@@H]32. The molecule has 0 saturated heterocycles. The highest BCUT2D eigenvalue weighted by atomic mass is 16.2. The number of aliphatic hydroxyl groups excluding tert-OH is 1. The van der Waals surface area contributed by atoms with Crippen LogP contribution >= 0.6 is 0 Å². The van der Waals surface area contributed by atoms with Gasteiger partial charge in [-0.25, -0.2) is 0 Å². The first-order valence-electron chi connectivity index (χ1n) is 4.58. The molecule has 1 fully saturated rings.